The fraction of sp³-hybridized carbons (Fsp3) is 0.389. The second kappa shape index (κ2) is 6.23. The standard InChI is InChI=1S/C18H19N3O4/c1-12-9-13(19-25-12)14-6-4-8-20(14)17(22)10-21-15-5-2-3-7-16(15)24-11-18(21)23/h2-3,5,7,9,14H,4,6,8,10-11H2,1H3/t14-/m1/s1. The Kier molecular flexibility index (Phi) is 3.91. The Bertz CT molecular complexity index is 816. The zero-order valence-corrected chi connectivity index (χ0v) is 14.0. The Morgan fingerprint density at radius 3 is 3.00 bits per heavy atom. The van der Waals surface area contributed by atoms with Crippen LogP contribution in [0.1, 0.15) is 30.3 Å². The molecule has 25 heavy (non-hydrogen) atoms. The van der Waals surface area contributed by atoms with Gasteiger partial charge in [-0.2, -0.15) is 0 Å². The number of carbonyl (C=O) groups is 2. The molecule has 1 fully saturated rings. The van der Waals surface area contributed by atoms with E-state index in [1.54, 1.807) is 17.0 Å². The first-order chi connectivity index (χ1) is 12.1. The molecule has 0 spiro atoms. The van der Waals surface area contributed by atoms with Crippen LogP contribution in [0.2, 0.25) is 0 Å². The Labute approximate surface area is 145 Å². The molecule has 1 atom stereocenters. The predicted octanol–water partition coefficient (Wildman–Crippen LogP) is 2.07. The fourth-order valence-corrected chi connectivity index (χ4v) is 3.47. The van der Waals surface area contributed by atoms with Gasteiger partial charge in [0.15, 0.2) is 6.61 Å². The van der Waals surface area contributed by atoms with Crippen LogP contribution in [0.5, 0.6) is 5.75 Å². The van der Waals surface area contributed by atoms with Gasteiger partial charge in [0.25, 0.3) is 5.91 Å². The molecular weight excluding hydrogens is 322 g/mol. The molecule has 2 aliphatic heterocycles. The molecule has 2 amide bonds. The number of nitrogens with zero attached hydrogens (tertiary/aromatic N) is 3. The van der Waals surface area contributed by atoms with E-state index >= 15 is 0 Å². The maximum absolute atomic E-state index is 12.9. The molecule has 4 rings (SSSR count). The number of benzene rings is 1. The minimum atomic E-state index is -0.208. The Morgan fingerprint density at radius 1 is 1.36 bits per heavy atom. The molecule has 1 saturated heterocycles. The second-order valence-electron chi connectivity index (χ2n) is 6.34. The van der Waals surface area contributed by atoms with Gasteiger partial charge in [-0.1, -0.05) is 17.3 Å². The average molecular weight is 341 g/mol. The number of likely N-dealkylation sites (tertiary alicyclic amines) is 1. The van der Waals surface area contributed by atoms with Crippen molar-refractivity contribution < 1.29 is 18.8 Å². The van der Waals surface area contributed by atoms with E-state index in [4.69, 9.17) is 9.26 Å². The monoisotopic (exact) mass is 341 g/mol. The van der Waals surface area contributed by atoms with Crippen molar-refractivity contribution in [2.45, 2.75) is 25.8 Å². The highest BCUT2D eigenvalue weighted by molar-refractivity contribution is 6.02. The van der Waals surface area contributed by atoms with E-state index in [2.05, 4.69) is 5.16 Å². The molecule has 1 aromatic heterocycles. The predicted molar refractivity (Wildman–Crippen MR) is 89.2 cm³/mol. The number of aromatic nitrogens is 1. The maximum atomic E-state index is 12.9. The number of carbonyl (C=O) groups excluding carboxylic acids is 2. The van der Waals surface area contributed by atoms with Crippen LogP contribution in [0.15, 0.2) is 34.9 Å². The van der Waals surface area contributed by atoms with E-state index in [1.807, 2.05) is 25.1 Å². The van der Waals surface area contributed by atoms with Gasteiger partial charge in [0, 0.05) is 12.6 Å². The molecule has 2 aromatic rings. The highest BCUT2D eigenvalue weighted by Crippen LogP contribution is 2.34. The summed E-state index contributed by atoms with van der Waals surface area (Å²) in [6.07, 6.45) is 1.77. The van der Waals surface area contributed by atoms with Crippen molar-refractivity contribution >= 4 is 17.5 Å². The molecule has 0 saturated carbocycles. The first-order valence-electron chi connectivity index (χ1n) is 8.38. The molecule has 7 nitrogen and oxygen atoms in total. The zero-order valence-electron chi connectivity index (χ0n) is 14.0. The van der Waals surface area contributed by atoms with Crippen molar-refractivity contribution in [3.63, 3.8) is 0 Å². The third kappa shape index (κ3) is 2.86. The van der Waals surface area contributed by atoms with Gasteiger partial charge in [-0.3, -0.25) is 14.5 Å². The highest BCUT2D eigenvalue weighted by Gasteiger charge is 2.35. The Hall–Kier alpha value is -2.83. The first-order valence-corrected chi connectivity index (χ1v) is 8.38. The number of hydrogen-bond acceptors (Lipinski definition) is 5. The van der Waals surface area contributed by atoms with E-state index in [9.17, 15) is 9.59 Å². The summed E-state index contributed by atoms with van der Waals surface area (Å²) in [4.78, 5) is 28.5. The quantitative estimate of drug-likeness (QED) is 0.854. The lowest BCUT2D eigenvalue weighted by Crippen LogP contribution is -2.46. The maximum Gasteiger partial charge on any atom is 0.265 e. The molecule has 3 heterocycles. The fourth-order valence-electron chi connectivity index (χ4n) is 3.47. The number of rotatable bonds is 3. The van der Waals surface area contributed by atoms with Crippen LogP contribution in [0.4, 0.5) is 5.69 Å². The minimum absolute atomic E-state index is 0.00649. The SMILES string of the molecule is Cc1cc([C@H]2CCCN2C(=O)CN2C(=O)COc3ccccc32)no1. The molecule has 1 aromatic carbocycles. The van der Waals surface area contributed by atoms with Crippen molar-refractivity contribution in [1.29, 1.82) is 0 Å². The number of amides is 2. The summed E-state index contributed by atoms with van der Waals surface area (Å²) in [7, 11) is 0. The number of fused-ring (bicyclic) bond motifs is 1. The lowest BCUT2D eigenvalue weighted by Gasteiger charge is -2.31. The third-order valence-corrected chi connectivity index (χ3v) is 4.66. The van der Waals surface area contributed by atoms with Crippen molar-refractivity contribution in [2.75, 3.05) is 24.6 Å². The number of anilines is 1. The highest BCUT2D eigenvalue weighted by atomic mass is 16.5. The van der Waals surface area contributed by atoms with Crippen molar-refractivity contribution in [1.82, 2.24) is 10.1 Å². The smallest absolute Gasteiger partial charge is 0.265 e. The Morgan fingerprint density at radius 2 is 2.20 bits per heavy atom. The summed E-state index contributed by atoms with van der Waals surface area (Å²) in [6, 6.07) is 9.05. The summed E-state index contributed by atoms with van der Waals surface area (Å²) in [5.41, 5.74) is 1.41. The topological polar surface area (TPSA) is 75.9 Å². The van der Waals surface area contributed by atoms with Crippen LogP contribution in [0, 0.1) is 6.92 Å². The van der Waals surface area contributed by atoms with Crippen LogP contribution in [-0.4, -0.2) is 41.6 Å². The van der Waals surface area contributed by atoms with Gasteiger partial charge >= 0.3 is 0 Å². The van der Waals surface area contributed by atoms with E-state index < -0.39 is 0 Å². The van der Waals surface area contributed by atoms with E-state index in [0.717, 1.165) is 24.3 Å². The van der Waals surface area contributed by atoms with Crippen LogP contribution >= 0.6 is 0 Å². The lowest BCUT2D eigenvalue weighted by molar-refractivity contribution is -0.132. The summed E-state index contributed by atoms with van der Waals surface area (Å²) in [5, 5.41) is 4.06. The number of aryl methyl sites for hydroxylation is 1. The molecule has 0 radical (unpaired) electrons. The van der Waals surface area contributed by atoms with Gasteiger partial charge in [0.2, 0.25) is 5.91 Å². The summed E-state index contributed by atoms with van der Waals surface area (Å²) < 4.78 is 10.6. The Balaban J connectivity index is 1.54. The van der Waals surface area contributed by atoms with Gasteiger partial charge in [0.1, 0.15) is 23.7 Å². The molecular formula is C18H19N3O4. The molecule has 0 N–H and O–H groups in total. The molecule has 2 aliphatic rings. The van der Waals surface area contributed by atoms with Gasteiger partial charge in [-0.05, 0) is 31.9 Å². The van der Waals surface area contributed by atoms with E-state index in [-0.39, 0.29) is 31.0 Å². The summed E-state index contributed by atoms with van der Waals surface area (Å²) in [5.74, 6) is 1.06. The van der Waals surface area contributed by atoms with Crippen LogP contribution < -0.4 is 9.64 Å². The van der Waals surface area contributed by atoms with Crippen LogP contribution in [0.3, 0.4) is 0 Å². The second-order valence-corrected chi connectivity index (χ2v) is 6.34. The van der Waals surface area contributed by atoms with Gasteiger partial charge in [-0.25, -0.2) is 0 Å². The van der Waals surface area contributed by atoms with Crippen LogP contribution in [0.25, 0.3) is 0 Å². The normalized spacial score (nSPS) is 19.7. The molecule has 0 aliphatic carbocycles. The van der Waals surface area contributed by atoms with Gasteiger partial charge < -0.3 is 14.2 Å². The van der Waals surface area contributed by atoms with Gasteiger partial charge in [-0.15, -0.1) is 0 Å². The van der Waals surface area contributed by atoms with E-state index in [0.29, 0.717) is 18.0 Å². The van der Waals surface area contributed by atoms with Crippen molar-refractivity contribution in [3.8, 4) is 5.75 Å². The number of hydrogen-bond donors (Lipinski definition) is 0. The molecule has 0 unspecified atom stereocenters. The minimum Gasteiger partial charge on any atom is -0.482 e. The summed E-state index contributed by atoms with van der Waals surface area (Å²) in [6.45, 7) is 2.46. The third-order valence-electron chi connectivity index (χ3n) is 4.66. The lowest BCUT2D eigenvalue weighted by atomic mass is 10.1. The number of ether oxygens (including phenoxy) is 1. The molecule has 0 bridgehead atoms. The first kappa shape index (κ1) is 15.7. The summed E-state index contributed by atoms with van der Waals surface area (Å²) >= 11 is 0. The van der Waals surface area contributed by atoms with Crippen LogP contribution in [-0.2, 0) is 9.59 Å². The van der Waals surface area contributed by atoms with E-state index in [1.165, 1.54) is 4.90 Å². The molecule has 130 valence electrons. The average Bonchev–Trinajstić information content (AvgIpc) is 3.26. The number of para-hydroxylation sites is 2. The molecule has 7 heteroatoms. The van der Waals surface area contributed by atoms with Crippen molar-refractivity contribution in [3.05, 3.63) is 41.8 Å². The zero-order chi connectivity index (χ0) is 17.4. The van der Waals surface area contributed by atoms with Gasteiger partial charge in [0.05, 0.1) is 11.7 Å². The van der Waals surface area contributed by atoms with Crippen molar-refractivity contribution in [2.24, 2.45) is 0 Å². The largest absolute Gasteiger partial charge is 0.482 e.